The molecule has 2 saturated heterocycles. The molecule has 2 aliphatic rings. The summed E-state index contributed by atoms with van der Waals surface area (Å²) in [5.74, 6) is -1.65. The number of hydrogen-bond donors (Lipinski definition) is 3. The lowest BCUT2D eigenvalue weighted by atomic mass is 10.0. The molecule has 9 heteroatoms. The first-order valence-electron chi connectivity index (χ1n) is 14.7. The van der Waals surface area contributed by atoms with Crippen LogP contribution < -0.4 is 10.6 Å². The third-order valence-corrected chi connectivity index (χ3v) is 7.25. The molecule has 1 aromatic rings. The standard InChI is InChI=1S/C30H48N2O7/c1-5-6-7-8-9-10-11-12-13-14-19-36-26-25(37-28-27(26)38-30(3,4)39-28)21(2)31-29(35)32-23-17-15-22(16-18-23)20-24(33)34/h15-18,21,25-28H,5-14,19-20H2,1-4H3,(H,33,34)(H2,31,32,35)/t21-,25+,26-,27+,28+/m0/s1. The van der Waals surface area contributed by atoms with Crippen LogP contribution in [0.1, 0.15) is 97.5 Å². The highest BCUT2D eigenvalue weighted by molar-refractivity contribution is 5.89. The number of rotatable bonds is 17. The largest absolute Gasteiger partial charge is 0.481 e. The third-order valence-electron chi connectivity index (χ3n) is 7.25. The number of carboxylic acid groups (broad SMARTS) is 1. The van der Waals surface area contributed by atoms with Crippen LogP contribution in [-0.4, -0.2) is 60.1 Å². The molecular formula is C30H48N2O7. The fraction of sp³-hybridized carbons (Fsp3) is 0.733. The molecule has 220 valence electrons. The minimum Gasteiger partial charge on any atom is -0.481 e. The van der Waals surface area contributed by atoms with Crippen LogP contribution in [0, 0.1) is 0 Å². The van der Waals surface area contributed by atoms with E-state index in [-0.39, 0.29) is 30.7 Å². The number of unbranched alkanes of at least 4 members (excludes halogenated alkanes) is 9. The number of benzene rings is 1. The van der Waals surface area contributed by atoms with Gasteiger partial charge in [0.05, 0.1) is 12.5 Å². The summed E-state index contributed by atoms with van der Waals surface area (Å²) in [5, 5.41) is 14.6. The maximum atomic E-state index is 12.7. The summed E-state index contributed by atoms with van der Waals surface area (Å²) in [6.45, 7) is 8.45. The molecule has 0 aromatic heterocycles. The summed E-state index contributed by atoms with van der Waals surface area (Å²) in [5.41, 5.74) is 1.23. The molecule has 0 bridgehead atoms. The van der Waals surface area contributed by atoms with Gasteiger partial charge in [0.2, 0.25) is 0 Å². The summed E-state index contributed by atoms with van der Waals surface area (Å²) >= 11 is 0. The Hall–Kier alpha value is -2.20. The summed E-state index contributed by atoms with van der Waals surface area (Å²) in [7, 11) is 0. The number of carbonyl (C=O) groups is 2. The SMILES string of the molecule is CCCCCCCCCCCCO[C@@H]1[C@H]2OC(C)(C)O[C@H]2O[C@@H]1[C@H](C)NC(=O)Nc1ccc(CC(=O)O)cc1. The van der Waals surface area contributed by atoms with Crippen LogP contribution in [0.15, 0.2) is 24.3 Å². The number of ether oxygens (including phenoxy) is 4. The Bertz CT molecular complexity index is 892. The number of urea groups is 1. The van der Waals surface area contributed by atoms with Crippen LogP contribution in [0.25, 0.3) is 0 Å². The van der Waals surface area contributed by atoms with Gasteiger partial charge in [0.25, 0.3) is 0 Å². The first kappa shape index (κ1) is 31.3. The van der Waals surface area contributed by atoms with Crippen molar-refractivity contribution in [3.8, 4) is 0 Å². The van der Waals surface area contributed by atoms with Gasteiger partial charge in [-0.3, -0.25) is 4.79 Å². The molecule has 39 heavy (non-hydrogen) atoms. The number of hydrogen-bond acceptors (Lipinski definition) is 6. The van der Waals surface area contributed by atoms with Crippen molar-refractivity contribution in [1.82, 2.24) is 5.32 Å². The van der Waals surface area contributed by atoms with Gasteiger partial charge < -0.3 is 34.7 Å². The summed E-state index contributed by atoms with van der Waals surface area (Å²) < 4.78 is 24.5. The number of nitrogens with one attached hydrogen (secondary N) is 2. The predicted octanol–water partition coefficient (Wildman–Crippen LogP) is 6.01. The van der Waals surface area contributed by atoms with Crippen LogP contribution in [-0.2, 0) is 30.2 Å². The van der Waals surface area contributed by atoms with E-state index in [9.17, 15) is 9.59 Å². The van der Waals surface area contributed by atoms with Gasteiger partial charge in [0.15, 0.2) is 12.1 Å². The molecule has 3 rings (SSSR count). The smallest absolute Gasteiger partial charge is 0.319 e. The van der Waals surface area contributed by atoms with Crippen LogP contribution in [0.3, 0.4) is 0 Å². The Morgan fingerprint density at radius 3 is 2.21 bits per heavy atom. The van der Waals surface area contributed by atoms with E-state index in [0.717, 1.165) is 12.8 Å². The van der Waals surface area contributed by atoms with Crippen LogP contribution >= 0.6 is 0 Å². The molecule has 0 radical (unpaired) electrons. The van der Waals surface area contributed by atoms with Crippen LogP contribution in [0.5, 0.6) is 0 Å². The monoisotopic (exact) mass is 548 g/mol. The topological polar surface area (TPSA) is 115 Å². The van der Waals surface area contributed by atoms with Crippen molar-refractivity contribution in [2.24, 2.45) is 0 Å². The zero-order valence-corrected chi connectivity index (χ0v) is 24.1. The molecular weight excluding hydrogens is 500 g/mol. The van der Waals surface area contributed by atoms with Gasteiger partial charge in [-0.25, -0.2) is 4.79 Å². The quantitative estimate of drug-likeness (QED) is 0.204. The van der Waals surface area contributed by atoms with Crippen molar-refractivity contribution >= 4 is 17.7 Å². The van der Waals surface area contributed by atoms with Crippen LogP contribution in [0.4, 0.5) is 10.5 Å². The molecule has 0 spiro atoms. The van der Waals surface area contributed by atoms with Crippen molar-refractivity contribution < 1.29 is 33.6 Å². The van der Waals surface area contributed by atoms with E-state index in [0.29, 0.717) is 17.9 Å². The number of fused-ring (bicyclic) bond motifs is 1. The zero-order chi connectivity index (χ0) is 28.3. The van der Waals surface area contributed by atoms with Gasteiger partial charge in [-0.05, 0) is 44.9 Å². The number of aliphatic carboxylic acids is 1. The number of anilines is 1. The minimum atomic E-state index is -0.898. The molecule has 9 nitrogen and oxygen atoms in total. The fourth-order valence-corrected chi connectivity index (χ4v) is 5.24. The summed E-state index contributed by atoms with van der Waals surface area (Å²) in [4.78, 5) is 23.5. The third kappa shape index (κ3) is 10.4. The summed E-state index contributed by atoms with van der Waals surface area (Å²) in [6, 6.07) is 5.98. The van der Waals surface area contributed by atoms with E-state index < -0.39 is 24.2 Å². The molecule has 3 N–H and O–H groups in total. The van der Waals surface area contributed by atoms with Crippen molar-refractivity contribution in [2.75, 3.05) is 11.9 Å². The average molecular weight is 549 g/mol. The van der Waals surface area contributed by atoms with E-state index in [1.807, 2.05) is 20.8 Å². The minimum absolute atomic E-state index is 0.0632. The van der Waals surface area contributed by atoms with E-state index >= 15 is 0 Å². The lowest BCUT2D eigenvalue weighted by Crippen LogP contribution is -2.50. The van der Waals surface area contributed by atoms with Gasteiger partial charge in [0, 0.05) is 12.3 Å². The second-order valence-corrected chi connectivity index (χ2v) is 11.2. The van der Waals surface area contributed by atoms with Crippen molar-refractivity contribution in [3.63, 3.8) is 0 Å². The molecule has 0 saturated carbocycles. The summed E-state index contributed by atoms with van der Waals surface area (Å²) in [6.07, 6.45) is 10.8. The van der Waals surface area contributed by atoms with E-state index in [2.05, 4.69) is 17.6 Å². The lowest BCUT2D eigenvalue weighted by Gasteiger charge is -2.29. The Balaban J connectivity index is 1.44. The normalized spacial score (nSPS) is 24.3. The number of amides is 2. The van der Waals surface area contributed by atoms with E-state index in [1.54, 1.807) is 24.3 Å². The maximum absolute atomic E-state index is 12.7. The molecule has 1 aromatic carbocycles. The highest BCUT2D eigenvalue weighted by atomic mass is 16.8. The predicted molar refractivity (Wildman–Crippen MR) is 150 cm³/mol. The Kier molecular flexibility index (Phi) is 12.5. The number of carbonyl (C=O) groups excluding carboxylic acids is 1. The average Bonchev–Trinajstić information content (AvgIpc) is 3.35. The van der Waals surface area contributed by atoms with Gasteiger partial charge in [-0.1, -0.05) is 76.8 Å². The van der Waals surface area contributed by atoms with Gasteiger partial charge in [0.1, 0.15) is 18.3 Å². The highest BCUT2D eigenvalue weighted by Crippen LogP contribution is 2.39. The molecule has 2 amide bonds. The first-order valence-corrected chi connectivity index (χ1v) is 14.7. The van der Waals surface area contributed by atoms with Crippen molar-refractivity contribution in [2.45, 2.75) is 135 Å². The Morgan fingerprint density at radius 2 is 1.59 bits per heavy atom. The molecule has 0 unspecified atom stereocenters. The van der Waals surface area contributed by atoms with Crippen molar-refractivity contribution in [3.05, 3.63) is 29.8 Å². The van der Waals surface area contributed by atoms with Gasteiger partial charge in [-0.15, -0.1) is 0 Å². The van der Waals surface area contributed by atoms with Gasteiger partial charge in [-0.2, -0.15) is 0 Å². The van der Waals surface area contributed by atoms with Crippen LogP contribution in [0.2, 0.25) is 0 Å². The van der Waals surface area contributed by atoms with Crippen molar-refractivity contribution in [1.29, 1.82) is 0 Å². The fourth-order valence-electron chi connectivity index (χ4n) is 5.24. The van der Waals surface area contributed by atoms with E-state index in [4.69, 9.17) is 24.1 Å². The first-order chi connectivity index (χ1) is 18.7. The highest BCUT2D eigenvalue weighted by Gasteiger charge is 2.56. The second-order valence-electron chi connectivity index (χ2n) is 11.2. The lowest BCUT2D eigenvalue weighted by molar-refractivity contribution is -0.220. The Labute approximate surface area is 233 Å². The molecule has 2 aliphatic heterocycles. The number of carboxylic acids is 1. The second kappa shape index (κ2) is 15.6. The zero-order valence-electron chi connectivity index (χ0n) is 24.1. The molecule has 0 aliphatic carbocycles. The Morgan fingerprint density at radius 1 is 0.974 bits per heavy atom. The maximum Gasteiger partial charge on any atom is 0.319 e. The molecule has 2 fully saturated rings. The van der Waals surface area contributed by atoms with E-state index in [1.165, 1.54) is 51.4 Å². The molecule has 2 heterocycles. The molecule has 5 atom stereocenters. The van der Waals surface area contributed by atoms with Gasteiger partial charge >= 0.3 is 12.0 Å².